The first-order valence-electron chi connectivity index (χ1n) is 7.32. The second-order valence-corrected chi connectivity index (χ2v) is 6.48. The van der Waals surface area contributed by atoms with E-state index in [0.29, 0.717) is 11.6 Å². The maximum atomic E-state index is 12.9. The smallest absolute Gasteiger partial charge is 0.419 e. The standard InChI is InChI=1S/C15H19F3N2O3S/c1-20(14(22)12-8-24-9-19-12)6-10(21)7-23-13-5-3-2-4-11(13)15(16,17)18/h2-5,10,12,19,21H,6-9H2,1H3/t10-,12+/m1/s1. The van der Waals surface area contributed by atoms with Crippen molar-refractivity contribution in [1.29, 1.82) is 0 Å². The summed E-state index contributed by atoms with van der Waals surface area (Å²) in [5.74, 6) is 0.861. The average Bonchev–Trinajstić information content (AvgIpc) is 3.06. The lowest BCUT2D eigenvalue weighted by Crippen LogP contribution is -2.46. The Balaban J connectivity index is 1.87. The van der Waals surface area contributed by atoms with Crippen molar-refractivity contribution in [1.82, 2.24) is 10.2 Å². The summed E-state index contributed by atoms with van der Waals surface area (Å²) in [6.45, 7) is -0.354. The number of halogens is 3. The van der Waals surface area contributed by atoms with Gasteiger partial charge in [0, 0.05) is 25.2 Å². The molecule has 2 atom stereocenters. The second kappa shape index (κ2) is 8.09. The van der Waals surface area contributed by atoms with Gasteiger partial charge < -0.3 is 14.7 Å². The summed E-state index contributed by atoms with van der Waals surface area (Å²) in [5, 5.41) is 13.0. The van der Waals surface area contributed by atoms with Crippen LogP contribution < -0.4 is 10.1 Å². The number of alkyl halides is 3. The van der Waals surface area contributed by atoms with Gasteiger partial charge in [0.2, 0.25) is 5.91 Å². The molecule has 1 aromatic rings. The molecule has 0 unspecified atom stereocenters. The van der Waals surface area contributed by atoms with E-state index in [-0.39, 0.29) is 30.9 Å². The van der Waals surface area contributed by atoms with Crippen molar-refractivity contribution in [3.8, 4) is 5.75 Å². The van der Waals surface area contributed by atoms with Crippen LogP contribution in [0, 0.1) is 0 Å². The molecule has 1 aliphatic heterocycles. The fourth-order valence-electron chi connectivity index (χ4n) is 2.29. The molecule has 0 spiro atoms. The molecule has 9 heteroatoms. The normalized spacial score (nSPS) is 19.1. The molecule has 2 rings (SSSR count). The van der Waals surface area contributed by atoms with E-state index in [2.05, 4.69) is 5.32 Å². The molecule has 1 heterocycles. The summed E-state index contributed by atoms with van der Waals surface area (Å²) in [5.41, 5.74) is -0.895. The number of carbonyl (C=O) groups is 1. The number of nitrogens with zero attached hydrogens (tertiary/aromatic N) is 1. The number of benzene rings is 1. The minimum atomic E-state index is -4.53. The fourth-order valence-corrected chi connectivity index (χ4v) is 3.22. The molecule has 1 fully saturated rings. The largest absolute Gasteiger partial charge is 0.490 e. The Morgan fingerprint density at radius 1 is 1.50 bits per heavy atom. The quantitative estimate of drug-likeness (QED) is 0.802. The van der Waals surface area contributed by atoms with E-state index in [4.69, 9.17) is 4.74 Å². The lowest BCUT2D eigenvalue weighted by atomic mass is 10.2. The SMILES string of the molecule is CN(C[C@@H](O)COc1ccccc1C(F)(F)F)C(=O)[C@@H]1CSCN1. The first-order chi connectivity index (χ1) is 11.3. The van der Waals surface area contributed by atoms with E-state index >= 15 is 0 Å². The molecule has 24 heavy (non-hydrogen) atoms. The molecule has 0 aliphatic carbocycles. The summed E-state index contributed by atoms with van der Waals surface area (Å²) in [6, 6.07) is 4.52. The first kappa shape index (κ1) is 18.9. The summed E-state index contributed by atoms with van der Waals surface area (Å²) >= 11 is 1.61. The van der Waals surface area contributed by atoms with Gasteiger partial charge in [0.15, 0.2) is 0 Å². The number of ether oxygens (including phenoxy) is 1. The Labute approximate surface area is 142 Å². The van der Waals surface area contributed by atoms with Crippen LogP contribution in [-0.2, 0) is 11.0 Å². The minimum absolute atomic E-state index is 0.0180. The van der Waals surface area contributed by atoms with Gasteiger partial charge in [-0.3, -0.25) is 10.1 Å². The summed E-state index contributed by atoms with van der Waals surface area (Å²) in [4.78, 5) is 13.4. The van der Waals surface area contributed by atoms with Gasteiger partial charge in [-0.05, 0) is 12.1 Å². The van der Waals surface area contributed by atoms with Gasteiger partial charge in [-0.2, -0.15) is 13.2 Å². The molecule has 5 nitrogen and oxygen atoms in total. The number of amides is 1. The molecule has 1 amide bonds. The number of aliphatic hydroxyl groups is 1. The number of nitrogens with one attached hydrogen (secondary N) is 1. The van der Waals surface area contributed by atoms with Gasteiger partial charge in [-0.15, -0.1) is 11.8 Å². The number of para-hydroxylation sites is 1. The van der Waals surface area contributed by atoms with Crippen LogP contribution in [0.5, 0.6) is 5.75 Å². The molecular formula is C15H19F3N2O3S. The Morgan fingerprint density at radius 2 is 2.21 bits per heavy atom. The van der Waals surface area contributed by atoms with Crippen LogP contribution in [0.2, 0.25) is 0 Å². The van der Waals surface area contributed by atoms with E-state index in [1.165, 1.54) is 23.1 Å². The van der Waals surface area contributed by atoms with Crippen molar-refractivity contribution >= 4 is 17.7 Å². The summed E-state index contributed by atoms with van der Waals surface area (Å²) in [7, 11) is 1.54. The lowest BCUT2D eigenvalue weighted by Gasteiger charge is -2.24. The van der Waals surface area contributed by atoms with Crippen LogP contribution in [0.4, 0.5) is 13.2 Å². The number of likely N-dealkylation sites (N-methyl/N-ethyl adjacent to an activating group) is 1. The zero-order chi connectivity index (χ0) is 17.7. The van der Waals surface area contributed by atoms with Crippen LogP contribution in [-0.4, -0.2) is 59.9 Å². The zero-order valence-electron chi connectivity index (χ0n) is 13.0. The van der Waals surface area contributed by atoms with Crippen molar-refractivity contribution in [2.75, 3.05) is 31.8 Å². The van der Waals surface area contributed by atoms with Gasteiger partial charge >= 0.3 is 6.18 Å². The van der Waals surface area contributed by atoms with E-state index in [1.807, 2.05) is 0 Å². The minimum Gasteiger partial charge on any atom is -0.490 e. The Hall–Kier alpha value is -1.45. The number of hydrogen-bond donors (Lipinski definition) is 2. The molecule has 134 valence electrons. The summed E-state index contributed by atoms with van der Waals surface area (Å²) < 4.78 is 43.7. The highest BCUT2D eigenvalue weighted by atomic mass is 32.2. The van der Waals surface area contributed by atoms with Crippen molar-refractivity contribution in [2.45, 2.75) is 18.3 Å². The molecular weight excluding hydrogens is 345 g/mol. The molecule has 1 aromatic carbocycles. The fraction of sp³-hybridized carbons (Fsp3) is 0.533. The molecule has 2 N–H and O–H groups in total. The van der Waals surface area contributed by atoms with Crippen LogP contribution in [0.1, 0.15) is 5.56 Å². The molecule has 1 aliphatic rings. The molecule has 0 bridgehead atoms. The predicted octanol–water partition coefficient (Wildman–Crippen LogP) is 1.57. The summed E-state index contributed by atoms with van der Waals surface area (Å²) in [6.07, 6.45) is -5.62. The number of aliphatic hydroxyl groups excluding tert-OH is 1. The Morgan fingerprint density at radius 3 is 2.83 bits per heavy atom. The maximum absolute atomic E-state index is 12.9. The monoisotopic (exact) mass is 364 g/mol. The van der Waals surface area contributed by atoms with E-state index in [9.17, 15) is 23.1 Å². The first-order valence-corrected chi connectivity index (χ1v) is 8.47. The van der Waals surface area contributed by atoms with Gasteiger partial charge in [0.1, 0.15) is 18.5 Å². The molecule has 0 radical (unpaired) electrons. The molecule has 0 aromatic heterocycles. The number of hydrogen-bond acceptors (Lipinski definition) is 5. The van der Waals surface area contributed by atoms with E-state index in [1.54, 1.807) is 18.8 Å². The van der Waals surface area contributed by atoms with Crippen LogP contribution in [0.25, 0.3) is 0 Å². The van der Waals surface area contributed by atoms with Crippen LogP contribution in [0.3, 0.4) is 0 Å². The maximum Gasteiger partial charge on any atom is 0.419 e. The van der Waals surface area contributed by atoms with Crippen molar-refractivity contribution < 1.29 is 27.8 Å². The van der Waals surface area contributed by atoms with Crippen molar-refractivity contribution in [2.24, 2.45) is 0 Å². The van der Waals surface area contributed by atoms with Crippen LogP contribution >= 0.6 is 11.8 Å². The zero-order valence-corrected chi connectivity index (χ0v) is 13.9. The van der Waals surface area contributed by atoms with E-state index in [0.717, 1.165) is 6.07 Å². The second-order valence-electron chi connectivity index (χ2n) is 5.45. The molecule has 1 saturated heterocycles. The predicted molar refractivity (Wildman–Crippen MR) is 84.8 cm³/mol. The van der Waals surface area contributed by atoms with Gasteiger partial charge in [-0.1, -0.05) is 12.1 Å². The molecule has 0 saturated carbocycles. The Bertz CT molecular complexity index is 565. The van der Waals surface area contributed by atoms with Gasteiger partial charge in [0.25, 0.3) is 0 Å². The highest BCUT2D eigenvalue weighted by Gasteiger charge is 2.34. The number of rotatable bonds is 6. The number of thioether (sulfide) groups is 1. The highest BCUT2D eigenvalue weighted by Crippen LogP contribution is 2.35. The van der Waals surface area contributed by atoms with Gasteiger partial charge in [-0.25, -0.2) is 0 Å². The highest BCUT2D eigenvalue weighted by molar-refractivity contribution is 7.99. The third-order valence-corrected chi connectivity index (χ3v) is 4.44. The number of carbonyl (C=O) groups excluding carboxylic acids is 1. The third kappa shape index (κ3) is 5.02. The van der Waals surface area contributed by atoms with E-state index < -0.39 is 17.8 Å². The average molecular weight is 364 g/mol. The Kier molecular flexibility index (Phi) is 6.36. The van der Waals surface area contributed by atoms with Crippen LogP contribution in [0.15, 0.2) is 24.3 Å². The van der Waals surface area contributed by atoms with Crippen molar-refractivity contribution in [3.63, 3.8) is 0 Å². The lowest BCUT2D eigenvalue weighted by molar-refractivity contribution is -0.139. The van der Waals surface area contributed by atoms with Crippen molar-refractivity contribution in [3.05, 3.63) is 29.8 Å². The van der Waals surface area contributed by atoms with Gasteiger partial charge in [0.05, 0.1) is 11.6 Å². The topological polar surface area (TPSA) is 61.8 Å². The third-order valence-electron chi connectivity index (χ3n) is 3.50.